The topological polar surface area (TPSA) is 56.8 Å². The Morgan fingerprint density at radius 3 is 2.68 bits per heavy atom. The predicted octanol–water partition coefficient (Wildman–Crippen LogP) is 4.38. The van der Waals surface area contributed by atoms with Crippen LogP contribution in [0.25, 0.3) is 0 Å². The number of amides is 1. The predicted molar refractivity (Wildman–Crippen MR) is 94.5 cm³/mol. The molecule has 0 saturated heterocycles. The lowest BCUT2D eigenvalue weighted by atomic mass is 10.2. The van der Waals surface area contributed by atoms with Crippen LogP contribution in [-0.2, 0) is 0 Å². The molecule has 1 spiro atoms. The molecule has 1 fully saturated rings. The molecule has 2 aromatic rings. The van der Waals surface area contributed by atoms with Crippen LogP contribution in [0.5, 0.6) is 17.2 Å². The molecular formula is C20H21NO4. The minimum atomic E-state index is -0.494. The van der Waals surface area contributed by atoms with Crippen LogP contribution in [0.2, 0.25) is 0 Å². The summed E-state index contributed by atoms with van der Waals surface area (Å²) in [4.78, 5) is 12.6. The third-order valence-electron chi connectivity index (χ3n) is 4.59. The zero-order chi connectivity index (χ0) is 17.3. The monoisotopic (exact) mass is 339 g/mol. The number of ether oxygens (including phenoxy) is 3. The number of rotatable bonds is 4. The second-order valence-corrected chi connectivity index (χ2v) is 6.37. The number of benzene rings is 2. The second-order valence-electron chi connectivity index (χ2n) is 6.37. The molecule has 130 valence electrons. The van der Waals surface area contributed by atoms with Crippen LogP contribution in [0.4, 0.5) is 5.69 Å². The molecule has 1 amide bonds. The van der Waals surface area contributed by atoms with Crippen LogP contribution >= 0.6 is 0 Å². The third kappa shape index (κ3) is 3.02. The highest BCUT2D eigenvalue weighted by Crippen LogP contribution is 2.47. The summed E-state index contributed by atoms with van der Waals surface area (Å²) in [5, 5.41) is 2.91. The Balaban J connectivity index is 1.52. The SMILES string of the molecule is CCOc1ccccc1C(=O)Nc1ccc2c(c1)OC1(CCCC1)O2. The van der Waals surface area contributed by atoms with Crippen LogP contribution in [0.15, 0.2) is 42.5 Å². The van der Waals surface area contributed by atoms with E-state index in [-0.39, 0.29) is 5.91 Å². The van der Waals surface area contributed by atoms with E-state index in [9.17, 15) is 4.79 Å². The number of anilines is 1. The van der Waals surface area contributed by atoms with Gasteiger partial charge in [-0.1, -0.05) is 12.1 Å². The van der Waals surface area contributed by atoms with E-state index in [1.807, 2.05) is 37.3 Å². The average molecular weight is 339 g/mol. The maximum Gasteiger partial charge on any atom is 0.259 e. The Kier molecular flexibility index (Phi) is 3.99. The van der Waals surface area contributed by atoms with E-state index in [0.29, 0.717) is 29.4 Å². The Bertz CT molecular complexity index is 796. The quantitative estimate of drug-likeness (QED) is 0.898. The van der Waals surface area contributed by atoms with Crippen molar-refractivity contribution in [2.24, 2.45) is 0 Å². The van der Waals surface area contributed by atoms with E-state index >= 15 is 0 Å². The largest absolute Gasteiger partial charge is 0.493 e. The van der Waals surface area contributed by atoms with Gasteiger partial charge in [0.2, 0.25) is 0 Å². The molecule has 5 heteroatoms. The number of para-hydroxylation sites is 1. The van der Waals surface area contributed by atoms with Crippen molar-refractivity contribution in [2.45, 2.75) is 38.4 Å². The molecule has 2 aromatic carbocycles. The lowest BCUT2D eigenvalue weighted by Gasteiger charge is -2.21. The molecule has 0 atom stereocenters. The molecule has 5 nitrogen and oxygen atoms in total. The summed E-state index contributed by atoms with van der Waals surface area (Å²) in [5.74, 6) is 1.31. The lowest BCUT2D eigenvalue weighted by molar-refractivity contribution is -0.0716. The van der Waals surface area contributed by atoms with E-state index in [1.165, 1.54) is 0 Å². The van der Waals surface area contributed by atoms with E-state index < -0.39 is 5.79 Å². The lowest BCUT2D eigenvalue weighted by Crippen LogP contribution is -2.34. The van der Waals surface area contributed by atoms with Gasteiger partial charge in [-0.25, -0.2) is 0 Å². The first-order valence-corrected chi connectivity index (χ1v) is 8.74. The van der Waals surface area contributed by atoms with Gasteiger partial charge in [0.25, 0.3) is 11.7 Å². The average Bonchev–Trinajstić information content (AvgIpc) is 3.21. The minimum Gasteiger partial charge on any atom is -0.493 e. The molecule has 1 N–H and O–H groups in total. The van der Waals surface area contributed by atoms with E-state index in [0.717, 1.165) is 31.4 Å². The maximum atomic E-state index is 12.6. The minimum absolute atomic E-state index is 0.210. The maximum absolute atomic E-state index is 12.6. The van der Waals surface area contributed by atoms with Crippen LogP contribution in [-0.4, -0.2) is 18.3 Å². The summed E-state index contributed by atoms with van der Waals surface area (Å²) < 4.78 is 17.6. The van der Waals surface area contributed by atoms with Gasteiger partial charge in [-0.2, -0.15) is 0 Å². The van der Waals surface area contributed by atoms with Crippen molar-refractivity contribution >= 4 is 11.6 Å². The second kappa shape index (κ2) is 6.31. The Labute approximate surface area is 146 Å². The highest BCUT2D eigenvalue weighted by Gasteiger charge is 2.44. The van der Waals surface area contributed by atoms with Gasteiger partial charge in [0.1, 0.15) is 5.75 Å². The number of carbonyl (C=O) groups excluding carboxylic acids is 1. The summed E-state index contributed by atoms with van der Waals surface area (Å²) in [6.07, 6.45) is 4.05. The highest BCUT2D eigenvalue weighted by molar-refractivity contribution is 6.06. The first kappa shape index (κ1) is 15.8. The Morgan fingerprint density at radius 2 is 1.88 bits per heavy atom. The zero-order valence-electron chi connectivity index (χ0n) is 14.2. The highest BCUT2D eigenvalue weighted by atomic mass is 16.7. The fourth-order valence-electron chi connectivity index (χ4n) is 3.42. The zero-order valence-corrected chi connectivity index (χ0v) is 14.2. The summed E-state index contributed by atoms with van der Waals surface area (Å²) in [5.41, 5.74) is 1.18. The first-order valence-electron chi connectivity index (χ1n) is 8.74. The number of hydrogen-bond donors (Lipinski definition) is 1. The molecule has 0 aromatic heterocycles. The standard InChI is InChI=1S/C20H21NO4/c1-2-23-16-8-4-3-7-15(16)19(22)21-14-9-10-17-18(13-14)25-20(24-17)11-5-6-12-20/h3-4,7-10,13H,2,5-6,11-12H2,1H3,(H,21,22). The van der Waals surface area contributed by atoms with Crippen LogP contribution in [0.1, 0.15) is 43.0 Å². The smallest absolute Gasteiger partial charge is 0.259 e. The van der Waals surface area contributed by atoms with Crippen LogP contribution in [0, 0.1) is 0 Å². The van der Waals surface area contributed by atoms with E-state index in [1.54, 1.807) is 12.1 Å². The molecular weight excluding hydrogens is 318 g/mol. The normalized spacial score (nSPS) is 16.8. The van der Waals surface area contributed by atoms with Gasteiger partial charge in [0, 0.05) is 24.6 Å². The Morgan fingerprint density at radius 1 is 1.12 bits per heavy atom. The van der Waals surface area contributed by atoms with Crippen molar-refractivity contribution in [3.63, 3.8) is 0 Å². The van der Waals surface area contributed by atoms with Gasteiger partial charge >= 0.3 is 0 Å². The summed E-state index contributed by atoms with van der Waals surface area (Å²) in [6.45, 7) is 2.40. The molecule has 0 unspecified atom stereocenters. The fourth-order valence-corrected chi connectivity index (χ4v) is 3.42. The van der Waals surface area contributed by atoms with Crippen molar-refractivity contribution in [3.05, 3.63) is 48.0 Å². The van der Waals surface area contributed by atoms with E-state index in [4.69, 9.17) is 14.2 Å². The molecule has 4 rings (SSSR count). The van der Waals surface area contributed by atoms with Crippen molar-refractivity contribution in [1.29, 1.82) is 0 Å². The molecule has 1 aliphatic heterocycles. The van der Waals surface area contributed by atoms with E-state index in [2.05, 4.69) is 5.32 Å². The summed E-state index contributed by atoms with van der Waals surface area (Å²) >= 11 is 0. The van der Waals surface area contributed by atoms with Gasteiger partial charge in [0.05, 0.1) is 12.2 Å². The van der Waals surface area contributed by atoms with Gasteiger partial charge in [0.15, 0.2) is 11.5 Å². The number of fused-ring (bicyclic) bond motifs is 1. The van der Waals surface area contributed by atoms with Crippen molar-refractivity contribution in [2.75, 3.05) is 11.9 Å². The van der Waals surface area contributed by atoms with Gasteiger partial charge < -0.3 is 19.5 Å². The van der Waals surface area contributed by atoms with Crippen molar-refractivity contribution in [3.8, 4) is 17.2 Å². The number of hydrogen-bond acceptors (Lipinski definition) is 4. The number of nitrogens with one attached hydrogen (secondary N) is 1. The van der Waals surface area contributed by atoms with Crippen LogP contribution in [0.3, 0.4) is 0 Å². The third-order valence-corrected chi connectivity index (χ3v) is 4.59. The van der Waals surface area contributed by atoms with Gasteiger partial charge in [-0.15, -0.1) is 0 Å². The molecule has 2 aliphatic rings. The van der Waals surface area contributed by atoms with Crippen molar-refractivity contribution < 1.29 is 19.0 Å². The first-order chi connectivity index (χ1) is 12.2. The number of carbonyl (C=O) groups is 1. The molecule has 1 saturated carbocycles. The fraction of sp³-hybridized carbons (Fsp3) is 0.350. The molecule has 0 bridgehead atoms. The van der Waals surface area contributed by atoms with Gasteiger partial charge in [-0.05, 0) is 44.0 Å². The molecule has 1 heterocycles. The van der Waals surface area contributed by atoms with Crippen LogP contribution < -0.4 is 19.5 Å². The molecule has 25 heavy (non-hydrogen) atoms. The summed E-state index contributed by atoms with van der Waals surface area (Å²) in [6, 6.07) is 12.7. The molecule has 1 aliphatic carbocycles. The Hall–Kier alpha value is -2.69. The molecule has 0 radical (unpaired) electrons. The van der Waals surface area contributed by atoms with Gasteiger partial charge in [-0.3, -0.25) is 4.79 Å². The summed E-state index contributed by atoms with van der Waals surface area (Å²) in [7, 11) is 0. The van der Waals surface area contributed by atoms with Crippen molar-refractivity contribution in [1.82, 2.24) is 0 Å².